The summed E-state index contributed by atoms with van der Waals surface area (Å²) in [7, 11) is 0. The zero-order valence-electron chi connectivity index (χ0n) is 12.4. The van der Waals surface area contributed by atoms with E-state index in [1.165, 1.54) is 0 Å². The number of anilines is 1. The molecule has 1 rings (SSSR count). The molecule has 0 aliphatic rings. The smallest absolute Gasteiger partial charge is 0.0945 e. The van der Waals surface area contributed by atoms with Crippen LogP contribution in [0, 0.1) is 6.92 Å². The number of aliphatic hydroxyl groups is 1. The maximum atomic E-state index is 9.81. The highest BCUT2D eigenvalue weighted by molar-refractivity contribution is 9.10. The summed E-state index contributed by atoms with van der Waals surface area (Å²) in [6, 6.07) is 6.00. The number of nitrogens with one attached hydrogen (secondary N) is 1. The largest absolute Gasteiger partial charge is 0.389 e. The van der Waals surface area contributed by atoms with Crippen LogP contribution in [-0.4, -0.2) is 43.7 Å². The molecule has 4 nitrogen and oxygen atoms in total. The Balaban J connectivity index is 2.16. The van der Waals surface area contributed by atoms with Gasteiger partial charge < -0.3 is 19.9 Å². The summed E-state index contributed by atoms with van der Waals surface area (Å²) < 4.78 is 11.8. The zero-order chi connectivity index (χ0) is 15.0. The third kappa shape index (κ3) is 7.24. The van der Waals surface area contributed by atoms with Crippen molar-refractivity contribution >= 4 is 21.6 Å². The number of halogens is 1. The molecule has 0 saturated heterocycles. The molecule has 114 valence electrons. The lowest BCUT2D eigenvalue weighted by molar-refractivity contribution is -0.00734. The second kappa shape index (κ2) is 9.34. The first-order valence-electron chi connectivity index (χ1n) is 6.86. The van der Waals surface area contributed by atoms with Crippen LogP contribution in [0.15, 0.2) is 22.7 Å². The summed E-state index contributed by atoms with van der Waals surface area (Å²) in [5.41, 5.74) is 2.15. The number of aryl methyl sites for hydroxylation is 1. The summed E-state index contributed by atoms with van der Waals surface area (Å²) in [6.07, 6.45) is -0.316. The van der Waals surface area contributed by atoms with Crippen molar-refractivity contribution in [2.75, 3.05) is 31.7 Å². The van der Waals surface area contributed by atoms with Crippen LogP contribution in [0.4, 0.5) is 5.69 Å². The van der Waals surface area contributed by atoms with Gasteiger partial charge in [-0.3, -0.25) is 0 Å². The van der Waals surface area contributed by atoms with Gasteiger partial charge in [0.05, 0.1) is 32.0 Å². The summed E-state index contributed by atoms with van der Waals surface area (Å²) in [4.78, 5) is 0. The number of aliphatic hydroxyl groups excluding tert-OH is 1. The minimum atomic E-state index is -0.530. The van der Waals surface area contributed by atoms with Gasteiger partial charge in [-0.2, -0.15) is 0 Å². The Morgan fingerprint density at radius 3 is 2.70 bits per heavy atom. The fourth-order valence-corrected chi connectivity index (χ4v) is 1.86. The Morgan fingerprint density at radius 2 is 2.05 bits per heavy atom. The van der Waals surface area contributed by atoms with Crippen LogP contribution in [0.5, 0.6) is 0 Å². The highest BCUT2D eigenvalue weighted by atomic mass is 79.9. The second-order valence-corrected chi connectivity index (χ2v) is 5.85. The monoisotopic (exact) mass is 345 g/mol. The Hall–Kier alpha value is -0.620. The molecular formula is C15H24BrNO3. The van der Waals surface area contributed by atoms with Crippen LogP contribution >= 0.6 is 15.9 Å². The normalized spacial score (nSPS) is 12.7. The fraction of sp³-hybridized carbons (Fsp3) is 0.600. The maximum Gasteiger partial charge on any atom is 0.0945 e. The number of benzene rings is 1. The van der Waals surface area contributed by atoms with E-state index in [1.54, 1.807) is 0 Å². The lowest BCUT2D eigenvalue weighted by Gasteiger charge is -2.14. The molecule has 0 aromatic heterocycles. The minimum Gasteiger partial charge on any atom is -0.389 e. The van der Waals surface area contributed by atoms with E-state index in [4.69, 9.17) is 9.47 Å². The molecule has 1 aromatic rings. The molecule has 0 fully saturated rings. The van der Waals surface area contributed by atoms with E-state index in [1.807, 2.05) is 39.0 Å². The van der Waals surface area contributed by atoms with Crippen LogP contribution in [0.2, 0.25) is 0 Å². The van der Waals surface area contributed by atoms with Gasteiger partial charge in [0.15, 0.2) is 0 Å². The van der Waals surface area contributed by atoms with Crippen molar-refractivity contribution in [2.24, 2.45) is 0 Å². The Labute approximate surface area is 129 Å². The van der Waals surface area contributed by atoms with Gasteiger partial charge in [0.25, 0.3) is 0 Å². The molecule has 1 aromatic carbocycles. The average molecular weight is 346 g/mol. The van der Waals surface area contributed by atoms with Crippen molar-refractivity contribution in [2.45, 2.75) is 33.0 Å². The van der Waals surface area contributed by atoms with Crippen LogP contribution in [0.3, 0.4) is 0 Å². The maximum absolute atomic E-state index is 9.81. The van der Waals surface area contributed by atoms with E-state index in [9.17, 15) is 5.11 Å². The third-order valence-corrected chi connectivity index (χ3v) is 3.58. The predicted molar refractivity (Wildman–Crippen MR) is 85.3 cm³/mol. The van der Waals surface area contributed by atoms with Crippen LogP contribution in [-0.2, 0) is 9.47 Å². The van der Waals surface area contributed by atoms with Gasteiger partial charge in [-0.15, -0.1) is 0 Å². The Morgan fingerprint density at radius 1 is 1.30 bits per heavy atom. The second-order valence-electron chi connectivity index (χ2n) is 4.99. The first-order chi connectivity index (χ1) is 9.49. The van der Waals surface area contributed by atoms with Crippen molar-refractivity contribution < 1.29 is 14.6 Å². The molecule has 20 heavy (non-hydrogen) atoms. The molecule has 1 atom stereocenters. The van der Waals surface area contributed by atoms with Crippen LogP contribution in [0.1, 0.15) is 19.4 Å². The topological polar surface area (TPSA) is 50.7 Å². The van der Waals surface area contributed by atoms with Crippen molar-refractivity contribution in [1.29, 1.82) is 0 Å². The van der Waals surface area contributed by atoms with Gasteiger partial charge in [-0.05, 0) is 44.5 Å². The molecule has 0 spiro atoms. The quantitative estimate of drug-likeness (QED) is 0.675. The SMILES string of the molecule is Cc1cc(NCC(O)COCCOC(C)C)ccc1Br. The van der Waals surface area contributed by atoms with Gasteiger partial charge in [-0.1, -0.05) is 15.9 Å². The van der Waals surface area contributed by atoms with Gasteiger partial charge in [0.2, 0.25) is 0 Å². The molecule has 0 radical (unpaired) electrons. The lowest BCUT2D eigenvalue weighted by atomic mass is 10.2. The minimum absolute atomic E-state index is 0.214. The van der Waals surface area contributed by atoms with E-state index in [-0.39, 0.29) is 6.10 Å². The molecule has 1 unspecified atom stereocenters. The molecular weight excluding hydrogens is 322 g/mol. The van der Waals surface area contributed by atoms with Gasteiger partial charge in [-0.25, -0.2) is 0 Å². The molecule has 0 saturated carbocycles. The summed E-state index contributed by atoms with van der Waals surface area (Å²) in [5, 5.41) is 13.0. The highest BCUT2D eigenvalue weighted by Crippen LogP contribution is 2.19. The van der Waals surface area contributed by atoms with Crippen molar-refractivity contribution in [3.05, 3.63) is 28.2 Å². The summed E-state index contributed by atoms with van der Waals surface area (Å²) >= 11 is 3.46. The van der Waals surface area contributed by atoms with E-state index >= 15 is 0 Å². The Kier molecular flexibility index (Phi) is 8.14. The summed E-state index contributed by atoms with van der Waals surface area (Å²) in [6.45, 7) is 7.84. The lowest BCUT2D eigenvalue weighted by Crippen LogP contribution is -2.25. The molecule has 0 aliphatic heterocycles. The Bertz CT molecular complexity index is 399. The zero-order valence-corrected chi connectivity index (χ0v) is 13.9. The third-order valence-electron chi connectivity index (χ3n) is 2.69. The van der Waals surface area contributed by atoms with Crippen LogP contribution < -0.4 is 5.32 Å². The summed E-state index contributed by atoms with van der Waals surface area (Å²) in [5.74, 6) is 0. The molecule has 0 amide bonds. The molecule has 2 N–H and O–H groups in total. The van der Waals surface area contributed by atoms with Gasteiger partial charge >= 0.3 is 0 Å². The predicted octanol–water partition coefficient (Wildman–Crippen LogP) is 2.97. The molecule has 5 heteroatoms. The molecule has 0 heterocycles. The average Bonchev–Trinajstić information content (AvgIpc) is 2.39. The van der Waals surface area contributed by atoms with Crippen LogP contribution in [0.25, 0.3) is 0 Å². The standard InChI is InChI=1S/C15H24BrNO3/c1-11(2)20-7-6-19-10-14(18)9-17-13-4-5-15(16)12(3)8-13/h4-5,8,11,14,17-18H,6-7,9-10H2,1-3H3. The van der Waals surface area contributed by atoms with E-state index in [0.29, 0.717) is 26.4 Å². The van der Waals surface area contributed by atoms with E-state index in [2.05, 4.69) is 21.2 Å². The number of ether oxygens (including phenoxy) is 2. The van der Waals surface area contributed by atoms with E-state index in [0.717, 1.165) is 15.7 Å². The van der Waals surface area contributed by atoms with Gasteiger partial charge in [0.1, 0.15) is 0 Å². The number of hydrogen-bond donors (Lipinski definition) is 2. The first kappa shape index (κ1) is 17.4. The first-order valence-corrected chi connectivity index (χ1v) is 7.65. The van der Waals surface area contributed by atoms with Crippen molar-refractivity contribution in [3.63, 3.8) is 0 Å². The number of hydrogen-bond acceptors (Lipinski definition) is 4. The highest BCUT2D eigenvalue weighted by Gasteiger charge is 2.05. The fourth-order valence-electron chi connectivity index (χ4n) is 1.61. The molecule has 0 aliphatic carbocycles. The van der Waals surface area contributed by atoms with Crippen molar-refractivity contribution in [1.82, 2.24) is 0 Å². The number of rotatable bonds is 9. The van der Waals surface area contributed by atoms with Gasteiger partial charge in [0, 0.05) is 16.7 Å². The molecule has 0 bridgehead atoms. The van der Waals surface area contributed by atoms with Crippen molar-refractivity contribution in [3.8, 4) is 0 Å². The van der Waals surface area contributed by atoms with E-state index < -0.39 is 6.10 Å².